The fourth-order valence-corrected chi connectivity index (χ4v) is 4.55. The van der Waals surface area contributed by atoms with Crippen LogP contribution in [0.1, 0.15) is 17.7 Å². The molecule has 1 aliphatic rings. The molecule has 3 aromatic rings. The molecule has 4 heterocycles. The highest BCUT2D eigenvalue weighted by molar-refractivity contribution is 7.20. The van der Waals surface area contributed by atoms with E-state index in [1.807, 2.05) is 12.1 Å². The number of methoxy groups -OCH3 is 2. The predicted octanol–water partition coefficient (Wildman–Crippen LogP) is 2.68. The molecule has 11 heteroatoms. The van der Waals surface area contributed by atoms with Crippen molar-refractivity contribution in [3.05, 3.63) is 35.3 Å². The summed E-state index contributed by atoms with van der Waals surface area (Å²) in [6.07, 6.45) is 5.74. The second-order valence-electron chi connectivity index (χ2n) is 7.73. The number of rotatable bonds is 9. The summed E-state index contributed by atoms with van der Waals surface area (Å²) in [7, 11) is 2.92. The molecule has 3 aromatic heterocycles. The number of morpholine rings is 1. The van der Waals surface area contributed by atoms with Crippen LogP contribution in [0.25, 0.3) is 27.7 Å². The van der Waals surface area contributed by atoms with E-state index in [0.717, 1.165) is 39.6 Å². The topological polar surface area (TPSA) is 116 Å². The fourth-order valence-electron chi connectivity index (χ4n) is 3.53. The molecule has 0 atom stereocenters. The number of thiophene rings is 1. The lowest BCUT2D eigenvalue weighted by Gasteiger charge is -2.28. The fraction of sp³-hybridized carbons (Fsp3) is 0.375. The molecule has 0 spiro atoms. The zero-order chi connectivity index (χ0) is 24.6. The van der Waals surface area contributed by atoms with Gasteiger partial charge in [0.05, 0.1) is 37.6 Å². The number of carbonyl (C=O) groups excluding carboxylic acids is 2. The minimum atomic E-state index is -0.290. The van der Waals surface area contributed by atoms with Gasteiger partial charge in [-0.25, -0.2) is 15.0 Å². The molecule has 0 aromatic carbocycles. The Hall–Kier alpha value is -3.57. The number of carbonyl (C=O) groups is 2. The van der Waals surface area contributed by atoms with Crippen molar-refractivity contribution in [2.24, 2.45) is 0 Å². The molecular weight excluding hydrogens is 470 g/mol. The van der Waals surface area contributed by atoms with Crippen LogP contribution in [-0.4, -0.2) is 73.9 Å². The summed E-state index contributed by atoms with van der Waals surface area (Å²) in [6, 6.07) is 5.61. The standard InChI is InChI=1S/C24H27N5O5S/c1-32-20-8-5-16(15-26-20)23-27-18-14-17(6-7-19(30)25-9-3-4-21(31)33-2)35-22(18)24(28-23)29-10-12-34-13-11-29/h5-8,14-15H,3-4,9-13H2,1-2H3,(H,25,30)/b7-6+. The number of nitrogens with one attached hydrogen (secondary N) is 1. The Morgan fingerprint density at radius 3 is 2.77 bits per heavy atom. The third-order valence-corrected chi connectivity index (χ3v) is 6.46. The minimum Gasteiger partial charge on any atom is -0.481 e. The van der Waals surface area contributed by atoms with Gasteiger partial charge in [0.15, 0.2) is 11.6 Å². The molecule has 1 amide bonds. The van der Waals surface area contributed by atoms with Gasteiger partial charge < -0.3 is 24.4 Å². The molecule has 0 unspecified atom stereocenters. The van der Waals surface area contributed by atoms with Gasteiger partial charge >= 0.3 is 5.97 Å². The van der Waals surface area contributed by atoms with Crippen LogP contribution in [0.3, 0.4) is 0 Å². The number of nitrogens with zero attached hydrogens (tertiary/aromatic N) is 4. The lowest BCUT2D eigenvalue weighted by atomic mass is 10.2. The van der Waals surface area contributed by atoms with Crippen molar-refractivity contribution in [3.63, 3.8) is 0 Å². The molecule has 1 saturated heterocycles. The van der Waals surface area contributed by atoms with Crippen LogP contribution in [0, 0.1) is 0 Å². The van der Waals surface area contributed by atoms with Gasteiger partial charge in [-0.3, -0.25) is 9.59 Å². The van der Waals surface area contributed by atoms with Gasteiger partial charge in [0, 0.05) is 54.8 Å². The number of aromatic nitrogens is 3. The quantitative estimate of drug-likeness (QED) is 0.271. The number of ether oxygens (including phenoxy) is 3. The average molecular weight is 498 g/mol. The van der Waals surface area contributed by atoms with Crippen LogP contribution in [-0.2, 0) is 19.1 Å². The highest BCUT2D eigenvalue weighted by Crippen LogP contribution is 2.35. The van der Waals surface area contributed by atoms with E-state index in [9.17, 15) is 9.59 Å². The zero-order valence-electron chi connectivity index (χ0n) is 19.7. The first kappa shape index (κ1) is 24.6. The largest absolute Gasteiger partial charge is 0.481 e. The molecule has 184 valence electrons. The summed E-state index contributed by atoms with van der Waals surface area (Å²) in [5.41, 5.74) is 1.59. The zero-order valence-corrected chi connectivity index (χ0v) is 20.5. The number of anilines is 1. The first-order valence-electron chi connectivity index (χ1n) is 11.2. The number of amides is 1. The molecule has 0 aliphatic carbocycles. The first-order valence-corrected chi connectivity index (χ1v) is 12.1. The van der Waals surface area contributed by atoms with Crippen LogP contribution >= 0.6 is 11.3 Å². The first-order chi connectivity index (χ1) is 17.1. The Balaban J connectivity index is 1.56. The van der Waals surface area contributed by atoms with E-state index < -0.39 is 0 Å². The van der Waals surface area contributed by atoms with E-state index in [2.05, 4.69) is 19.9 Å². The lowest BCUT2D eigenvalue weighted by Crippen LogP contribution is -2.36. The van der Waals surface area contributed by atoms with Gasteiger partial charge in [-0.2, -0.15) is 0 Å². The van der Waals surface area contributed by atoms with Crippen molar-refractivity contribution < 1.29 is 23.8 Å². The normalized spacial score (nSPS) is 13.8. The van der Waals surface area contributed by atoms with E-state index in [1.165, 1.54) is 24.5 Å². The van der Waals surface area contributed by atoms with E-state index in [0.29, 0.717) is 37.9 Å². The van der Waals surface area contributed by atoms with Gasteiger partial charge in [0.2, 0.25) is 11.8 Å². The maximum absolute atomic E-state index is 12.2. The summed E-state index contributed by atoms with van der Waals surface area (Å²) < 4.78 is 16.2. The van der Waals surface area contributed by atoms with Crippen LogP contribution in [0.4, 0.5) is 5.82 Å². The van der Waals surface area contributed by atoms with E-state index in [4.69, 9.17) is 19.4 Å². The Morgan fingerprint density at radius 1 is 1.23 bits per heavy atom. The maximum Gasteiger partial charge on any atom is 0.305 e. The summed E-state index contributed by atoms with van der Waals surface area (Å²) in [5.74, 6) is 1.43. The molecule has 1 aliphatic heterocycles. The van der Waals surface area contributed by atoms with E-state index >= 15 is 0 Å². The summed E-state index contributed by atoms with van der Waals surface area (Å²) in [6.45, 7) is 3.15. The molecule has 0 radical (unpaired) electrons. The van der Waals surface area contributed by atoms with Crippen LogP contribution in [0.15, 0.2) is 30.5 Å². The number of hydrogen-bond donors (Lipinski definition) is 1. The number of hydrogen-bond acceptors (Lipinski definition) is 10. The third kappa shape index (κ3) is 6.31. The third-order valence-electron chi connectivity index (χ3n) is 5.37. The average Bonchev–Trinajstić information content (AvgIpc) is 3.33. The summed E-state index contributed by atoms with van der Waals surface area (Å²) in [5, 5.41) is 2.77. The number of fused-ring (bicyclic) bond motifs is 1. The SMILES string of the molecule is COC(=O)CCCNC(=O)/C=C/c1cc2nc(-c3ccc(OC)nc3)nc(N3CCOCC3)c2s1. The van der Waals surface area contributed by atoms with Gasteiger partial charge in [-0.1, -0.05) is 0 Å². The molecule has 1 fully saturated rings. The van der Waals surface area contributed by atoms with Crippen LogP contribution in [0.5, 0.6) is 5.88 Å². The smallest absolute Gasteiger partial charge is 0.305 e. The highest BCUT2D eigenvalue weighted by Gasteiger charge is 2.20. The van der Waals surface area contributed by atoms with E-state index in [-0.39, 0.29) is 18.3 Å². The number of pyridine rings is 1. The summed E-state index contributed by atoms with van der Waals surface area (Å²) in [4.78, 5) is 40.4. The Labute approximate surface area is 206 Å². The van der Waals surface area contributed by atoms with Crippen molar-refractivity contribution in [1.82, 2.24) is 20.3 Å². The van der Waals surface area contributed by atoms with Gasteiger partial charge in [0.1, 0.15) is 0 Å². The second kappa shape index (κ2) is 11.7. The molecule has 10 nitrogen and oxygen atoms in total. The van der Waals surface area contributed by atoms with Crippen molar-refractivity contribution in [1.29, 1.82) is 0 Å². The van der Waals surface area contributed by atoms with Crippen molar-refractivity contribution in [3.8, 4) is 17.3 Å². The Morgan fingerprint density at radius 2 is 2.06 bits per heavy atom. The van der Waals surface area contributed by atoms with Crippen molar-refractivity contribution in [2.75, 3.05) is 52.0 Å². The highest BCUT2D eigenvalue weighted by atomic mass is 32.1. The van der Waals surface area contributed by atoms with Gasteiger partial charge in [-0.05, 0) is 24.6 Å². The predicted molar refractivity (Wildman–Crippen MR) is 134 cm³/mol. The van der Waals surface area contributed by atoms with Crippen molar-refractivity contribution >= 4 is 45.3 Å². The Kier molecular flexibility index (Phi) is 8.22. The van der Waals surface area contributed by atoms with Gasteiger partial charge in [0.25, 0.3) is 0 Å². The summed E-state index contributed by atoms with van der Waals surface area (Å²) >= 11 is 1.53. The molecule has 1 N–H and O–H groups in total. The van der Waals surface area contributed by atoms with Crippen molar-refractivity contribution in [2.45, 2.75) is 12.8 Å². The number of esters is 1. The molecule has 0 saturated carbocycles. The van der Waals surface area contributed by atoms with E-state index in [1.54, 1.807) is 25.4 Å². The van der Waals surface area contributed by atoms with Gasteiger partial charge in [-0.15, -0.1) is 11.3 Å². The monoisotopic (exact) mass is 497 g/mol. The molecule has 35 heavy (non-hydrogen) atoms. The van der Waals surface area contributed by atoms with Crippen LogP contribution < -0.4 is 15.0 Å². The second-order valence-corrected chi connectivity index (χ2v) is 8.81. The van der Waals surface area contributed by atoms with Crippen LogP contribution in [0.2, 0.25) is 0 Å². The minimum absolute atomic E-state index is 0.225. The Bertz CT molecular complexity index is 1200. The lowest BCUT2D eigenvalue weighted by molar-refractivity contribution is -0.140. The molecule has 4 rings (SSSR count). The molecule has 0 bridgehead atoms. The maximum atomic E-state index is 12.2. The molecular formula is C24H27N5O5S.